The average molecular weight is 233 g/mol. The van der Waals surface area contributed by atoms with E-state index in [4.69, 9.17) is 17.5 Å². The quantitative estimate of drug-likeness (QED) is 0.781. The van der Waals surface area contributed by atoms with Crippen molar-refractivity contribution in [2.24, 2.45) is 0 Å². The predicted molar refractivity (Wildman–Crippen MR) is 63.9 cm³/mol. The van der Waals surface area contributed by atoms with Gasteiger partial charge in [0.2, 0.25) is 0 Å². The molecule has 3 nitrogen and oxygen atoms in total. The topological polar surface area (TPSA) is 51.6 Å². The number of nitriles is 1. The van der Waals surface area contributed by atoms with Gasteiger partial charge in [-0.15, -0.1) is 0 Å². The number of nitrogens with zero attached hydrogens (tertiary/aromatic N) is 1. The number of aromatic nitrogens is 1. The number of hydrogen-bond acceptors (Lipinski definition) is 4. The van der Waals surface area contributed by atoms with E-state index >= 15 is 0 Å². The molecule has 74 valence electrons. The first-order valence-electron chi connectivity index (χ1n) is 4.25. The van der Waals surface area contributed by atoms with Crippen molar-refractivity contribution in [2.45, 2.75) is 0 Å². The molecule has 0 aliphatic carbocycles. The second-order valence-corrected chi connectivity index (χ2v) is 4.06. The third kappa shape index (κ3) is 2.06. The molecule has 2 N–H and O–H groups in total. The molecule has 1 aromatic heterocycles. The first-order valence-corrected chi connectivity index (χ1v) is 5.47. The lowest BCUT2D eigenvalue weighted by Crippen LogP contribution is -1.88. The first kappa shape index (κ1) is 9.90. The third-order valence-electron chi connectivity index (χ3n) is 1.84. The number of benzene rings is 1. The van der Waals surface area contributed by atoms with E-state index in [1.807, 2.05) is 30.3 Å². The maximum atomic E-state index is 8.90. The van der Waals surface area contributed by atoms with Gasteiger partial charge in [0.1, 0.15) is 21.3 Å². The van der Waals surface area contributed by atoms with Gasteiger partial charge in [-0.25, -0.2) is 0 Å². The van der Waals surface area contributed by atoms with Crippen LogP contribution in [0.2, 0.25) is 0 Å². The summed E-state index contributed by atoms with van der Waals surface area (Å²) in [5.74, 6) is 0. The number of aromatic amines is 1. The SMILES string of the molecule is N#Cc1c(Nc2ccccc2)s[nH]c1=S. The molecule has 0 fully saturated rings. The molecule has 0 spiro atoms. The summed E-state index contributed by atoms with van der Waals surface area (Å²) in [7, 11) is 0. The van der Waals surface area contributed by atoms with Crippen LogP contribution in [0, 0.1) is 16.0 Å². The van der Waals surface area contributed by atoms with Crippen LogP contribution in [0.15, 0.2) is 30.3 Å². The highest BCUT2D eigenvalue weighted by molar-refractivity contribution is 7.71. The van der Waals surface area contributed by atoms with Gasteiger partial charge in [0, 0.05) is 5.69 Å². The summed E-state index contributed by atoms with van der Waals surface area (Å²) in [6.45, 7) is 0. The lowest BCUT2D eigenvalue weighted by molar-refractivity contribution is 1.44. The van der Waals surface area contributed by atoms with Gasteiger partial charge in [-0.2, -0.15) is 5.26 Å². The van der Waals surface area contributed by atoms with Gasteiger partial charge in [-0.1, -0.05) is 30.4 Å². The normalized spacial score (nSPS) is 9.53. The van der Waals surface area contributed by atoms with Crippen LogP contribution in [0.5, 0.6) is 0 Å². The van der Waals surface area contributed by atoms with Gasteiger partial charge in [0.15, 0.2) is 0 Å². The zero-order chi connectivity index (χ0) is 10.7. The second kappa shape index (κ2) is 4.26. The molecule has 0 radical (unpaired) electrons. The number of anilines is 2. The van der Waals surface area contributed by atoms with Crippen molar-refractivity contribution in [3.8, 4) is 6.07 Å². The molecule has 1 heterocycles. The average Bonchev–Trinajstić information content (AvgIpc) is 2.61. The van der Waals surface area contributed by atoms with Crippen LogP contribution >= 0.6 is 23.8 Å². The molecule has 2 rings (SSSR count). The zero-order valence-electron chi connectivity index (χ0n) is 7.65. The highest BCUT2D eigenvalue weighted by Gasteiger charge is 2.06. The Morgan fingerprint density at radius 2 is 2.07 bits per heavy atom. The lowest BCUT2D eigenvalue weighted by atomic mass is 10.3. The van der Waals surface area contributed by atoms with Gasteiger partial charge in [0.05, 0.1) is 0 Å². The van der Waals surface area contributed by atoms with Crippen LogP contribution in [-0.2, 0) is 0 Å². The monoisotopic (exact) mass is 233 g/mol. The zero-order valence-corrected chi connectivity index (χ0v) is 9.28. The Kier molecular flexibility index (Phi) is 2.81. The molecule has 0 amide bonds. The first-order chi connectivity index (χ1) is 7.31. The van der Waals surface area contributed by atoms with E-state index in [-0.39, 0.29) is 0 Å². The Morgan fingerprint density at radius 1 is 1.33 bits per heavy atom. The predicted octanol–water partition coefficient (Wildman–Crippen LogP) is 3.42. The smallest absolute Gasteiger partial charge is 0.133 e. The fourth-order valence-electron chi connectivity index (χ4n) is 1.14. The fourth-order valence-corrected chi connectivity index (χ4v) is 2.20. The fraction of sp³-hybridized carbons (Fsp3) is 0. The second-order valence-electron chi connectivity index (χ2n) is 2.84. The third-order valence-corrected chi connectivity index (χ3v) is 3.10. The van der Waals surface area contributed by atoms with Gasteiger partial charge >= 0.3 is 0 Å². The summed E-state index contributed by atoms with van der Waals surface area (Å²) < 4.78 is 3.37. The molecule has 0 aliphatic heterocycles. The number of H-pyrrole nitrogens is 1. The summed E-state index contributed by atoms with van der Waals surface area (Å²) in [5, 5.41) is 12.8. The van der Waals surface area contributed by atoms with E-state index in [1.54, 1.807) is 0 Å². The van der Waals surface area contributed by atoms with Crippen LogP contribution in [0.4, 0.5) is 10.7 Å². The number of hydrogen-bond donors (Lipinski definition) is 2. The van der Waals surface area contributed by atoms with Crippen LogP contribution in [0.25, 0.3) is 0 Å². The Bertz CT molecular complexity index is 548. The molecule has 15 heavy (non-hydrogen) atoms. The molecule has 0 saturated carbocycles. The van der Waals surface area contributed by atoms with Crippen molar-refractivity contribution in [3.63, 3.8) is 0 Å². The van der Waals surface area contributed by atoms with Crippen LogP contribution in [-0.4, -0.2) is 4.37 Å². The maximum absolute atomic E-state index is 8.90. The molecule has 0 unspecified atom stereocenters. The Labute approximate surface area is 96.2 Å². The summed E-state index contributed by atoms with van der Waals surface area (Å²) in [6.07, 6.45) is 0. The molecule has 5 heteroatoms. The molecule has 0 aliphatic rings. The summed E-state index contributed by atoms with van der Waals surface area (Å²) >= 11 is 6.31. The van der Waals surface area contributed by atoms with Gasteiger partial charge < -0.3 is 5.32 Å². The van der Waals surface area contributed by atoms with Crippen molar-refractivity contribution in [2.75, 3.05) is 5.32 Å². The van der Waals surface area contributed by atoms with Crippen molar-refractivity contribution >= 4 is 34.4 Å². The highest BCUT2D eigenvalue weighted by Crippen LogP contribution is 2.25. The minimum atomic E-state index is 0.487. The van der Waals surface area contributed by atoms with Gasteiger partial charge in [-0.3, -0.25) is 4.37 Å². The van der Waals surface area contributed by atoms with E-state index in [1.165, 1.54) is 11.5 Å². The van der Waals surface area contributed by atoms with E-state index in [2.05, 4.69) is 15.8 Å². The molecule has 2 aromatic rings. The van der Waals surface area contributed by atoms with Crippen molar-refractivity contribution in [3.05, 3.63) is 40.5 Å². The molecular formula is C10H7N3S2. The number of nitrogens with one attached hydrogen (secondary N) is 2. The standard InChI is InChI=1S/C10H7N3S2/c11-6-8-9(14)13-15-10(8)12-7-4-2-1-3-5-7/h1-5,12H,(H,13,14). The number of rotatable bonds is 2. The highest BCUT2D eigenvalue weighted by atomic mass is 32.1. The summed E-state index contributed by atoms with van der Waals surface area (Å²) in [6, 6.07) is 11.7. The summed E-state index contributed by atoms with van der Waals surface area (Å²) in [4.78, 5) is 0. The van der Waals surface area contributed by atoms with E-state index < -0.39 is 0 Å². The van der Waals surface area contributed by atoms with Crippen molar-refractivity contribution < 1.29 is 0 Å². The van der Waals surface area contributed by atoms with Crippen LogP contribution in [0.3, 0.4) is 0 Å². The van der Waals surface area contributed by atoms with Crippen molar-refractivity contribution in [1.29, 1.82) is 5.26 Å². The Balaban J connectivity index is 2.34. The van der Waals surface area contributed by atoms with Crippen molar-refractivity contribution in [1.82, 2.24) is 4.37 Å². The molecule has 0 atom stereocenters. The summed E-state index contributed by atoms with van der Waals surface area (Å²) in [5.41, 5.74) is 1.44. The van der Waals surface area contributed by atoms with Crippen LogP contribution in [0.1, 0.15) is 5.56 Å². The van der Waals surface area contributed by atoms with Crippen LogP contribution < -0.4 is 5.32 Å². The van der Waals surface area contributed by atoms with E-state index in [0.717, 1.165) is 10.7 Å². The molecule has 0 saturated heterocycles. The lowest BCUT2D eigenvalue weighted by Gasteiger charge is -2.01. The number of para-hydroxylation sites is 1. The maximum Gasteiger partial charge on any atom is 0.133 e. The van der Waals surface area contributed by atoms with E-state index in [9.17, 15) is 0 Å². The largest absolute Gasteiger partial charge is 0.345 e. The van der Waals surface area contributed by atoms with E-state index in [0.29, 0.717) is 10.2 Å². The molecular weight excluding hydrogens is 226 g/mol. The Morgan fingerprint density at radius 3 is 2.73 bits per heavy atom. The Hall–Kier alpha value is -1.64. The molecule has 0 bridgehead atoms. The van der Waals surface area contributed by atoms with Gasteiger partial charge in [-0.05, 0) is 23.7 Å². The minimum Gasteiger partial charge on any atom is -0.345 e. The van der Waals surface area contributed by atoms with Gasteiger partial charge in [0.25, 0.3) is 0 Å². The minimum absolute atomic E-state index is 0.487. The molecule has 1 aromatic carbocycles.